The molecule has 0 aliphatic rings. The van der Waals surface area contributed by atoms with Crippen LogP contribution in [0.3, 0.4) is 0 Å². The Morgan fingerprint density at radius 3 is 2.83 bits per heavy atom. The Bertz CT molecular complexity index is 482. The third kappa shape index (κ3) is 3.18. The summed E-state index contributed by atoms with van der Waals surface area (Å²) in [4.78, 5) is 15.5. The van der Waals surface area contributed by atoms with E-state index in [1.54, 1.807) is 36.7 Å². The average Bonchev–Trinajstić information content (AvgIpc) is 2.93. The Hall–Kier alpha value is -2.14. The van der Waals surface area contributed by atoms with E-state index in [-0.39, 0.29) is 5.91 Å². The van der Waals surface area contributed by atoms with Crippen molar-refractivity contribution in [2.75, 3.05) is 6.54 Å². The van der Waals surface area contributed by atoms with Gasteiger partial charge in [-0.2, -0.15) is 0 Å². The molecule has 0 bridgehead atoms. The minimum absolute atomic E-state index is 0.177. The minimum Gasteiger partial charge on any atom is -0.467 e. The van der Waals surface area contributed by atoms with Crippen molar-refractivity contribution in [1.82, 2.24) is 10.3 Å². The number of rotatable bonds is 5. The molecule has 1 atom stereocenters. The summed E-state index contributed by atoms with van der Waals surface area (Å²) in [7, 11) is 0. The summed E-state index contributed by atoms with van der Waals surface area (Å²) in [5.41, 5.74) is 0.553. The molecule has 2 N–H and O–H groups in total. The van der Waals surface area contributed by atoms with Gasteiger partial charge in [0, 0.05) is 24.5 Å². The molecule has 0 fully saturated rings. The quantitative estimate of drug-likeness (QED) is 0.838. The zero-order valence-corrected chi connectivity index (χ0v) is 9.74. The molecule has 2 aromatic rings. The molecule has 0 radical (unpaired) electrons. The van der Waals surface area contributed by atoms with Gasteiger partial charge in [-0.1, -0.05) is 0 Å². The number of nitrogens with one attached hydrogen (secondary N) is 1. The fourth-order valence-electron chi connectivity index (χ4n) is 1.55. The molecule has 94 valence electrons. The summed E-state index contributed by atoms with van der Waals surface area (Å²) in [6.45, 7) is 0.378. The summed E-state index contributed by atoms with van der Waals surface area (Å²) in [6, 6.07) is 6.69. The second-order valence-corrected chi connectivity index (χ2v) is 3.81. The zero-order chi connectivity index (χ0) is 12.8. The van der Waals surface area contributed by atoms with Crippen LogP contribution in [0.2, 0.25) is 0 Å². The highest BCUT2D eigenvalue weighted by Gasteiger charge is 2.11. The van der Waals surface area contributed by atoms with Crippen molar-refractivity contribution in [3.63, 3.8) is 0 Å². The van der Waals surface area contributed by atoms with Gasteiger partial charge in [0.1, 0.15) is 11.9 Å². The lowest BCUT2D eigenvalue weighted by molar-refractivity contribution is 0.0936. The lowest BCUT2D eigenvalue weighted by Gasteiger charge is -2.08. The van der Waals surface area contributed by atoms with E-state index in [0.29, 0.717) is 24.3 Å². The lowest BCUT2D eigenvalue weighted by Crippen LogP contribution is -2.25. The molecule has 0 aliphatic carbocycles. The smallest absolute Gasteiger partial charge is 0.251 e. The van der Waals surface area contributed by atoms with Gasteiger partial charge in [-0.15, -0.1) is 0 Å². The highest BCUT2D eigenvalue weighted by molar-refractivity contribution is 5.93. The first-order valence-electron chi connectivity index (χ1n) is 5.67. The normalized spacial score (nSPS) is 12.1. The number of carbonyl (C=O) groups is 1. The molecule has 18 heavy (non-hydrogen) atoms. The van der Waals surface area contributed by atoms with Crippen molar-refractivity contribution in [2.24, 2.45) is 0 Å². The molecule has 0 aliphatic heterocycles. The standard InChI is InChI=1S/C13H14N2O3/c16-11(12-2-1-9-18-12)5-8-15-13(17)10-3-6-14-7-4-10/h1-4,6-7,9,11,16H,5,8H2,(H,15,17). The van der Waals surface area contributed by atoms with E-state index in [0.717, 1.165) is 0 Å². The van der Waals surface area contributed by atoms with Gasteiger partial charge >= 0.3 is 0 Å². The van der Waals surface area contributed by atoms with E-state index in [4.69, 9.17) is 4.42 Å². The Kier molecular flexibility index (Phi) is 4.09. The monoisotopic (exact) mass is 246 g/mol. The summed E-state index contributed by atoms with van der Waals surface area (Å²) in [5, 5.41) is 12.5. The number of aliphatic hydroxyl groups is 1. The van der Waals surface area contributed by atoms with Crippen LogP contribution in [0.4, 0.5) is 0 Å². The predicted molar refractivity (Wildman–Crippen MR) is 64.9 cm³/mol. The van der Waals surface area contributed by atoms with Crippen molar-refractivity contribution < 1.29 is 14.3 Å². The van der Waals surface area contributed by atoms with Crippen molar-refractivity contribution in [1.29, 1.82) is 0 Å². The molecule has 0 spiro atoms. The van der Waals surface area contributed by atoms with Crippen LogP contribution in [0.15, 0.2) is 47.3 Å². The van der Waals surface area contributed by atoms with Gasteiger partial charge in [0.15, 0.2) is 0 Å². The topological polar surface area (TPSA) is 75.4 Å². The average molecular weight is 246 g/mol. The fourth-order valence-corrected chi connectivity index (χ4v) is 1.55. The number of pyridine rings is 1. The van der Waals surface area contributed by atoms with Gasteiger partial charge in [-0.05, 0) is 30.7 Å². The van der Waals surface area contributed by atoms with Crippen LogP contribution in [0, 0.1) is 0 Å². The molecular formula is C13H14N2O3. The number of carbonyl (C=O) groups excluding carboxylic acids is 1. The summed E-state index contributed by atoms with van der Waals surface area (Å²) in [6.07, 6.45) is 4.34. The third-order valence-corrected chi connectivity index (χ3v) is 2.52. The Morgan fingerprint density at radius 1 is 1.39 bits per heavy atom. The molecule has 5 heteroatoms. The summed E-state index contributed by atoms with van der Waals surface area (Å²) < 4.78 is 5.07. The Labute approximate surface area is 104 Å². The maximum atomic E-state index is 11.7. The Morgan fingerprint density at radius 2 is 2.17 bits per heavy atom. The fraction of sp³-hybridized carbons (Fsp3) is 0.231. The molecule has 0 aromatic carbocycles. The maximum absolute atomic E-state index is 11.7. The lowest BCUT2D eigenvalue weighted by atomic mass is 10.2. The van der Waals surface area contributed by atoms with E-state index >= 15 is 0 Å². The number of nitrogens with zero attached hydrogens (tertiary/aromatic N) is 1. The first-order valence-corrected chi connectivity index (χ1v) is 5.67. The van der Waals surface area contributed by atoms with E-state index < -0.39 is 6.10 Å². The van der Waals surface area contributed by atoms with Gasteiger partial charge in [-0.25, -0.2) is 0 Å². The van der Waals surface area contributed by atoms with Crippen LogP contribution < -0.4 is 5.32 Å². The number of hydrogen-bond donors (Lipinski definition) is 2. The first-order chi connectivity index (χ1) is 8.77. The molecule has 2 heterocycles. The van der Waals surface area contributed by atoms with Gasteiger partial charge < -0.3 is 14.8 Å². The van der Waals surface area contributed by atoms with E-state index in [2.05, 4.69) is 10.3 Å². The molecule has 0 saturated heterocycles. The van der Waals surface area contributed by atoms with Crippen LogP contribution in [-0.2, 0) is 0 Å². The predicted octanol–water partition coefficient (Wildman–Crippen LogP) is 1.53. The van der Waals surface area contributed by atoms with Gasteiger partial charge in [0.2, 0.25) is 0 Å². The summed E-state index contributed by atoms with van der Waals surface area (Å²) in [5.74, 6) is 0.331. The van der Waals surface area contributed by atoms with E-state index in [1.165, 1.54) is 6.26 Å². The number of aliphatic hydroxyl groups excluding tert-OH is 1. The molecule has 0 saturated carbocycles. The zero-order valence-electron chi connectivity index (χ0n) is 9.74. The van der Waals surface area contributed by atoms with Crippen molar-refractivity contribution in [3.05, 3.63) is 54.2 Å². The molecule has 2 aromatic heterocycles. The maximum Gasteiger partial charge on any atom is 0.251 e. The number of hydrogen-bond acceptors (Lipinski definition) is 4. The third-order valence-electron chi connectivity index (χ3n) is 2.52. The van der Waals surface area contributed by atoms with Crippen LogP contribution in [0.1, 0.15) is 28.6 Å². The molecule has 2 rings (SSSR count). The number of furan rings is 1. The SMILES string of the molecule is O=C(NCCC(O)c1ccco1)c1ccncc1. The minimum atomic E-state index is -0.697. The van der Waals surface area contributed by atoms with Crippen LogP contribution >= 0.6 is 0 Å². The van der Waals surface area contributed by atoms with Gasteiger partial charge in [0.25, 0.3) is 5.91 Å². The van der Waals surface area contributed by atoms with Crippen LogP contribution in [0.5, 0.6) is 0 Å². The van der Waals surface area contributed by atoms with Crippen molar-refractivity contribution in [3.8, 4) is 0 Å². The number of amides is 1. The van der Waals surface area contributed by atoms with E-state index in [1.807, 2.05) is 0 Å². The van der Waals surface area contributed by atoms with Gasteiger partial charge in [0.05, 0.1) is 6.26 Å². The molecular weight excluding hydrogens is 232 g/mol. The van der Waals surface area contributed by atoms with E-state index in [9.17, 15) is 9.90 Å². The highest BCUT2D eigenvalue weighted by atomic mass is 16.4. The van der Waals surface area contributed by atoms with Crippen molar-refractivity contribution >= 4 is 5.91 Å². The second-order valence-electron chi connectivity index (χ2n) is 3.81. The van der Waals surface area contributed by atoms with Crippen LogP contribution in [0.25, 0.3) is 0 Å². The largest absolute Gasteiger partial charge is 0.467 e. The number of aromatic nitrogens is 1. The van der Waals surface area contributed by atoms with Crippen molar-refractivity contribution in [2.45, 2.75) is 12.5 Å². The van der Waals surface area contributed by atoms with Crippen LogP contribution in [-0.4, -0.2) is 22.5 Å². The molecule has 1 amide bonds. The second kappa shape index (κ2) is 5.97. The molecule has 1 unspecified atom stereocenters. The van der Waals surface area contributed by atoms with Gasteiger partial charge in [-0.3, -0.25) is 9.78 Å². The highest BCUT2D eigenvalue weighted by Crippen LogP contribution is 2.15. The molecule has 5 nitrogen and oxygen atoms in total. The Balaban J connectivity index is 1.77. The summed E-state index contributed by atoms with van der Waals surface area (Å²) >= 11 is 0. The first kappa shape index (κ1) is 12.3.